The van der Waals surface area contributed by atoms with E-state index in [2.05, 4.69) is 34.7 Å². The molecule has 0 aliphatic heterocycles. The van der Waals surface area contributed by atoms with Crippen molar-refractivity contribution in [2.45, 2.75) is 20.1 Å². The molecule has 2 rings (SSSR count). The minimum absolute atomic E-state index is 0.639. The summed E-state index contributed by atoms with van der Waals surface area (Å²) in [5.41, 5.74) is 4.49. The molecule has 0 saturated carbocycles. The Labute approximate surface area is 108 Å². The molecule has 0 saturated heterocycles. The van der Waals surface area contributed by atoms with Gasteiger partial charge in [0.15, 0.2) is 0 Å². The van der Waals surface area contributed by atoms with Gasteiger partial charge in [0.1, 0.15) is 0 Å². The lowest BCUT2D eigenvalue weighted by molar-refractivity contribution is 0.185. The van der Waals surface area contributed by atoms with Crippen molar-refractivity contribution in [3.63, 3.8) is 0 Å². The van der Waals surface area contributed by atoms with Gasteiger partial charge in [0.25, 0.3) is 0 Å². The minimum atomic E-state index is 0.639. The van der Waals surface area contributed by atoms with Gasteiger partial charge in [0, 0.05) is 19.8 Å². The summed E-state index contributed by atoms with van der Waals surface area (Å²) >= 11 is 0. The van der Waals surface area contributed by atoms with Gasteiger partial charge >= 0.3 is 0 Å². The van der Waals surface area contributed by atoms with E-state index in [0.717, 1.165) is 17.9 Å². The molecule has 0 radical (unpaired) electrons. The van der Waals surface area contributed by atoms with E-state index in [1.54, 1.807) is 7.11 Å². The SMILES string of the molecule is COCc1cccc(NCc2cc(C)nn2C)c1. The number of methoxy groups -OCH3 is 1. The van der Waals surface area contributed by atoms with E-state index >= 15 is 0 Å². The molecular weight excluding hydrogens is 226 g/mol. The fourth-order valence-corrected chi connectivity index (χ4v) is 1.96. The maximum Gasteiger partial charge on any atom is 0.0713 e. The largest absolute Gasteiger partial charge is 0.380 e. The quantitative estimate of drug-likeness (QED) is 0.879. The summed E-state index contributed by atoms with van der Waals surface area (Å²) in [7, 11) is 3.67. The zero-order chi connectivity index (χ0) is 13.0. The lowest BCUT2D eigenvalue weighted by Gasteiger charge is -2.08. The number of hydrogen-bond acceptors (Lipinski definition) is 3. The van der Waals surface area contributed by atoms with Gasteiger partial charge in [-0.2, -0.15) is 5.10 Å². The first-order chi connectivity index (χ1) is 8.69. The van der Waals surface area contributed by atoms with Crippen LogP contribution in [0.5, 0.6) is 0 Å². The molecule has 1 heterocycles. The van der Waals surface area contributed by atoms with Crippen molar-refractivity contribution in [3.8, 4) is 0 Å². The maximum atomic E-state index is 5.13. The first-order valence-corrected chi connectivity index (χ1v) is 6.00. The van der Waals surface area contributed by atoms with Gasteiger partial charge in [-0.3, -0.25) is 4.68 Å². The van der Waals surface area contributed by atoms with E-state index in [9.17, 15) is 0 Å². The molecule has 4 nitrogen and oxygen atoms in total. The molecule has 2 aromatic rings. The Bertz CT molecular complexity index is 520. The molecule has 0 atom stereocenters. The van der Waals surface area contributed by atoms with E-state index in [1.807, 2.05) is 24.7 Å². The Morgan fingerprint density at radius 1 is 1.33 bits per heavy atom. The van der Waals surface area contributed by atoms with Crippen molar-refractivity contribution in [2.24, 2.45) is 7.05 Å². The molecule has 96 valence electrons. The second-order valence-electron chi connectivity index (χ2n) is 4.39. The molecule has 1 aromatic carbocycles. The summed E-state index contributed by atoms with van der Waals surface area (Å²) in [6, 6.07) is 10.3. The number of aryl methyl sites for hydroxylation is 2. The molecule has 1 aromatic heterocycles. The van der Waals surface area contributed by atoms with Crippen LogP contribution in [0.4, 0.5) is 5.69 Å². The Kier molecular flexibility index (Phi) is 3.99. The highest BCUT2D eigenvalue weighted by molar-refractivity contribution is 5.45. The number of rotatable bonds is 5. The summed E-state index contributed by atoms with van der Waals surface area (Å²) in [6.45, 7) is 3.41. The first kappa shape index (κ1) is 12.6. The third kappa shape index (κ3) is 3.11. The molecule has 0 spiro atoms. The molecule has 0 fully saturated rings. The van der Waals surface area contributed by atoms with Crippen LogP contribution in [0.2, 0.25) is 0 Å². The number of nitrogens with one attached hydrogen (secondary N) is 1. The second kappa shape index (κ2) is 5.69. The number of hydrogen-bond donors (Lipinski definition) is 1. The van der Waals surface area contributed by atoms with Crippen molar-refractivity contribution in [1.82, 2.24) is 9.78 Å². The summed E-state index contributed by atoms with van der Waals surface area (Å²) in [6.07, 6.45) is 0. The van der Waals surface area contributed by atoms with Gasteiger partial charge in [0.2, 0.25) is 0 Å². The third-order valence-corrected chi connectivity index (χ3v) is 2.81. The monoisotopic (exact) mass is 245 g/mol. The summed E-state index contributed by atoms with van der Waals surface area (Å²) in [5.74, 6) is 0. The maximum absolute atomic E-state index is 5.13. The average Bonchev–Trinajstić information content (AvgIpc) is 2.66. The predicted octanol–water partition coefficient (Wildman–Crippen LogP) is 2.49. The van der Waals surface area contributed by atoms with Crippen molar-refractivity contribution >= 4 is 5.69 Å². The Morgan fingerprint density at radius 3 is 2.83 bits per heavy atom. The Hall–Kier alpha value is -1.81. The first-order valence-electron chi connectivity index (χ1n) is 6.00. The zero-order valence-electron chi connectivity index (χ0n) is 11.1. The van der Waals surface area contributed by atoms with Crippen LogP contribution in [0, 0.1) is 6.92 Å². The summed E-state index contributed by atoms with van der Waals surface area (Å²) in [4.78, 5) is 0. The van der Waals surface area contributed by atoms with Crippen LogP contribution >= 0.6 is 0 Å². The van der Waals surface area contributed by atoms with Crippen LogP contribution in [-0.4, -0.2) is 16.9 Å². The fraction of sp³-hybridized carbons (Fsp3) is 0.357. The van der Waals surface area contributed by atoms with E-state index in [1.165, 1.54) is 11.3 Å². The van der Waals surface area contributed by atoms with E-state index < -0.39 is 0 Å². The van der Waals surface area contributed by atoms with Gasteiger partial charge in [-0.05, 0) is 30.7 Å². The standard InChI is InChI=1S/C14H19N3O/c1-11-7-14(17(2)16-11)9-15-13-6-4-5-12(8-13)10-18-3/h4-8,15H,9-10H2,1-3H3. The highest BCUT2D eigenvalue weighted by Gasteiger charge is 2.02. The number of nitrogens with zero attached hydrogens (tertiary/aromatic N) is 2. The van der Waals surface area contributed by atoms with Crippen LogP contribution in [0.3, 0.4) is 0 Å². The molecule has 1 N–H and O–H groups in total. The van der Waals surface area contributed by atoms with Gasteiger partial charge < -0.3 is 10.1 Å². The van der Waals surface area contributed by atoms with Crippen LogP contribution in [0.25, 0.3) is 0 Å². The molecule has 0 aliphatic rings. The van der Waals surface area contributed by atoms with Gasteiger partial charge in [-0.25, -0.2) is 0 Å². The van der Waals surface area contributed by atoms with Crippen molar-refractivity contribution in [1.29, 1.82) is 0 Å². The minimum Gasteiger partial charge on any atom is -0.380 e. The van der Waals surface area contributed by atoms with Crippen molar-refractivity contribution in [3.05, 3.63) is 47.3 Å². The van der Waals surface area contributed by atoms with E-state index in [-0.39, 0.29) is 0 Å². The highest BCUT2D eigenvalue weighted by Crippen LogP contribution is 2.13. The van der Waals surface area contributed by atoms with Gasteiger partial charge in [-0.1, -0.05) is 12.1 Å². The lowest BCUT2D eigenvalue weighted by atomic mass is 10.2. The van der Waals surface area contributed by atoms with Gasteiger partial charge in [0.05, 0.1) is 24.5 Å². The number of ether oxygens (including phenoxy) is 1. The highest BCUT2D eigenvalue weighted by atomic mass is 16.5. The topological polar surface area (TPSA) is 39.1 Å². The summed E-state index contributed by atoms with van der Waals surface area (Å²) in [5, 5.41) is 7.72. The lowest BCUT2D eigenvalue weighted by Crippen LogP contribution is -2.05. The third-order valence-electron chi connectivity index (χ3n) is 2.81. The molecular formula is C14H19N3O. The molecule has 18 heavy (non-hydrogen) atoms. The average molecular weight is 245 g/mol. The Balaban J connectivity index is 2.01. The second-order valence-corrected chi connectivity index (χ2v) is 4.39. The van der Waals surface area contributed by atoms with Crippen LogP contribution in [-0.2, 0) is 24.9 Å². The van der Waals surface area contributed by atoms with Crippen LogP contribution in [0.15, 0.2) is 30.3 Å². The van der Waals surface area contributed by atoms with Crippen molar-refractivity contribution in [2.75, 3.05) is 12.4 Å². The number of benzene rings is 1. The normalized spacial score (nSPS) is 10.6. The fourth-order valence-electron chi connectivity index (χ4n) is 1.96. The zero-order valence-corrected chi connectivity index (χ0v) is 11.1. The van der Waals surface area contributed by atoms with E-state index in [0.29, 0.717) is 6.61 Å². The van der Waals surface area contributed by atoms with Crippen LogP contribution in [0.1, 0.15) is 17.0 Å². The molecule has 0 aliphatic carbocycles. The van der Waals surface area contributed by atoms with Crippen molar-refractivity contribution < 1.29 is 4.74 Å². The van der Waals surface area contributed by atoms with Gasteiger partial charge in [-0.15, -0.1) is 0 Å². The molecule has 0 unspecified atom stereocenters. The number of anilines is 1. The smallest absolute Gasteiger partial charge is 0.0713 e. The van der Waals surface area contributed by atoms with Crippen LogP contribution < -0.4 is 5.32 Å². The Morgan fingerprint density at radius 2 is 2.17 bits per heavy atom. The molecule has 0 bridgehead atoms. The molecule has 4 heteroatoms. The predicted molar refractivity (Wildman–Crippen MR) is 72.4 cm³/mol. The summed E-state index contributed by atoms with van der Waals surface area (Å²) < 4.78 is 7.03. The molecule has 0 amide bonds. The van der Waals surface area contributed by atoms with E-state index in [4.69, 9.17) is 4.74 Å². The number of aromatic nitrogens is 2.